The molecule has 0 bridgehead atoms. The Balaban J connectivity index is 0.000000364. The topological polar surface area (TPSA) is 0 Å². The molecule has 0 aliphatic heterocycles. The van der Waals surface area contributed by atoms with Crippen LogP contribution in [0.15, 0.2) is 22.3 Å². The van der Waals surface area contributed by atoms with E-state index < -0.39 is 19.5 Å². The summed E-state index contributed by atoms with van der Waals surface area (Å²) >= 11 is -4.83. The van der Waals surface area contributed by atoms with Crippen molar-refractivity contribution in [3.05, 3.63) is 28.2 Å². The van der Waals surface area contributed by atoms with Crippen LogP contribution in [-0.2, 0) is 19.5 Å². The van der Waals surface area contributed by atoms with Crippen molar-refractivity contribution in [2.24, 2.45) is 0 Å². The summed E-state index contributed by atoms with van der Waals surface area (Å²) in [7, 11) is 0. The Bertz CT molecular complexity index is 240. The molecule has 14 heavy (non-hydrogen) atoms. The molecule has 0 nitrogen and oxygen atoms in total. The van der Waals surface area contributed by atoms with Gasteiger partial charge in [-0.25, -0.2) is 0 Å². The summed E-state index contributed by atoms with van der Waals surface area (Å²) in [5.74, 6) is 1.47. The number of allylic oxidation sites excluding steroid dienone is 4. The first-order chi connectivity index (χ1) is 6.29. The summed E-state index contributed by atoms with van der Waals surface area (Å²) in [6.45, 7) is 11.0. The van der Waals surface area contributed by atoms with Crippen molar-refractivity contribution >= 4 is 0 Å². The van der Waals surface area contributed by atoms with Gasteiger partial charge in [-0.2, -0.15) is 0 Å². The Hall–Kier alpha value is -0.0157. The summed E-state index contributed by atoms with van der Waals surface area (Å²) < 4.78 is 29.5. The van der Waals surface area contributed by atoms with Crippen molar-refractivity contribution in [2.45, 2.75) is 34.6 Å². The third kappa shape index (κ3) is 3.62. The van der Waals surface area contributed by atoms with Crippen LogP contribution in [0.5, 0.6) is 0 Å². The maximum absolute atomic E-state index is 9.83. The average Bonchev–Trinajstić information content (AvgIpc) is 2.23. The fourth-order valence-corrected chi connectivity index (χ4v) is 1.41. The Morgan fingerprint density at radius 1 is 0.643 bits per heavy atom. The minimum atomic E-state index is -4.83. The van der Waals surface area contributed by atoms with Crippen molar-refractivity contribution in [1.29, 1.82) is 0 Å². The molecule has 0 unspecified atom stereocenters. The third-order valence-electron chi connectivity index (χ3n) is 2.81. The van der Waals surface area contributed by atoms with Crippen LogP contribution in [0.25, 0.3) is 0 Å². The van der Waals surface area contributed by atoms with E-state index in [9.17, 15) is 9.28 Å². The van der Waals surface area contributed by atoms with Gasteiger partial charge in [0.05, 0.1) is 0 Å². The molecule has 0 atom stereocenters. The van der Waals surface area contributed by atoms with Gasteiger partial charge in [0.2, 0.25) is 0 Å². The minimum absolute atomic E-state index is 1.47. The zero-order valence-corrected chi connectivity index (χ0v) is 10.7. The second-order valence-electron chi connectivity index (χ2n) is 3.34. The molecule has 1 aliphatic carbocycles. The molecule has 1 rings (SSSR count). The molecule has 0 spiro atoms. The zero-order valence-electron chi connectivity index (χ0n) is 9.13. The number of hydrogen-bond acceptors (Lipinski definition) is 0. The Morgan fingerprint density at radius 3 is 0.929 bits per heavy atom. The number of rotatable bonds is 0. The van der Waals surface area contributed by atoms with Gasteiger partial charge >= 0.3 is 28.8 Å². The monoisotopic (exact) mass is 240 g/mol. The number of halogens is 3. The molecule has 1 radical (unpaired) electrons. The van der Waals surface area contributed by atoms with E-state index in [0.29, 0.717) is 0 Å². The molecule has 0 heterocycles. The fourth-order valence-electron chi connectivity index (χ4n) is 1.41. The predicted octanol–water partition coefficient (Wildman–Crippen LogP) is 4.53. The van der Waals surface area contributed by atoms with Crippen molar-refractivity contribution in [3.8, 4) is 0 Å². The molecule has 0 aromatic heterocycles. The molecule has 0 aromatic carbocycles. The maximum atomic E-state index is 9.83. The van der Waals surface area contributed by atoms with Crippen LogP contribution in [-0.4, -0.2) is 0 Å². The van der Waals surface area contributed by atoms with Gasteiger partial charge in [-0.3, -0.25) is 0 Å². The molecule has 0 saturated carbocycles. The van der Waals surface area contributed by atoms with Crippen molar-refractivity contribution in [3.63, 3.8) is 0 Å². The first-order valence-corrected chi connectivity index (χ1v) is 6.09. The molecule has 0 N–H and O–H groups in total. The molecule has 0 amide bonds. The quantitative estimate of drug-likeness (QED) is 0.546. The van der Waals surface area contributed by atoms with Gasteiger partial charge in [-0.1, -0.05) is 18.1 Å². The van der Waals surface area contributed by atoms with Gasteiger partial charge in [0.1, 0.15) is 0 Å². The predicted molar refractivity (Wildman–Crippen MR) is 49.0 cm³/mol. The van der Waals surface area contributed by atoms with Crippen LogP contribution in [0.2, 0.25) is 0 Å². The van der Waals surface area contributed by atoms with Gasteiger partial charge in [0.25, 0.3) is 0 Å². The first kappa shape index (κ1) is 14.0. The van der Waals surface area contributed by atoms with Crippen molar-refractivity contribution in [2.75, 3.05) is 0 Å². The molecule has 0 fully saturated rings. The van der Waals surface area contributed by atoms with E-state index in [1.165, 1.54) is 28.2 Å². The van der Waals surface area contributed by atoms with Crippen LogP contribution >= 0.6 is 0 Å². The van der Waals surface area contributed by atoms with E-state index >= 15 is 0 Å². The Kier molecular flexibility index (Phi) is 5.76. The standard InChI is InChI=1S/C10H15.3FH.Ti/c1-6-7(2)9(4)10(5)8(6)3;;;;/h1-5H3;3*1H;/q;;;;+3/p-3. The van der Waals surface area contributed by atoms with E-state index in [-0.39, 0.29) is 0 Å². The van der Waals surface area contributed by atoms with Crippen LogP contribution in [0.1, 0.15) is 34.6 Å². The summed E-state index contributed by atoms with van der Waals surface area (Å²) in [6.07, 6.45) is 0. The molecule has 1 aliphatic rings. The molecule has 4 heteroatoms. The van der Waals surface area contributed by atoms with Gasteiger partial charge in [-0.15, -0.1) is 0 Å². The molecule has 0 aromatic rings. The second kappa shape index (κ2) is 5.77. The van der Waals surface area contributed by atoms with Crippen molar-refractivity contribution < 1.29 is 28.8 Å². The van der Waals surface area contributed by atoms with E-state index in [4.69, 9.17) is 0 Å². The van der Waals surface area contributed by atoms with Gasteiger partial charge in [0.15, 0.2) is 0 Å². The summed E-state index contributed by atoms with van der Waals surface area (Å²) in [5.41, 5.74) is 5.87. The van der Waals surface area contributed by atoms with Crippen LogP contribution < -0.4 is 0 Å². The summed E-state index contributed by atoms with van der Waals surface area (Å²) in [4.78, 5) is 0. The average molecular weight is 240 g/mol. The van der Waals surface area contributed by atoms with E-state index in [1.54, 1.807) is 0 Å². The Labute approximate surface area is 91.8 Å². The molecule has 80 valence electrons. The summed E-state index contributed by atoms with van der Waals surface area (Å²) in [5, 5.41) is 0. The van der Waals surface area contributed by atoms with Gasteiger partial charge in [0, 0.05) is 5.92 Å². The van der Waals surface area contributed by atoms with Gasteiger partial charge in [-0.05, 0) is 38.8 Å². The van der Waals surface area contributed by atoms with Crippen molar-refractivity contribution in [1.82, 2.24) is 0 Å². The SMILES string of the molecule is C[C]1C(C)=C(C)C(C)=C1C.[F][Ti]([F])[F]. The first-order valence-electron chi connectivity index (χ1n) is 4.32. The zero-order chi connectivity index (χ0) is 11.5. The molecule has 0 saturated heterocycles. The van der Waals surface area contributed by atoms with Gasteiger partial charge < -0.3 is 0 Å². The number of hydrogen-bond donors (Lipinski definition) is 0. The second-order valence-corrected chi connectivity index (χ2v) is 4.01. The van der Waals surface area contributed by atoms with E-state index in [2.05, 4.69) is 34.6 Å². The molecular weight excluding hydrogens is 225 g/mol. The summed E-state index contributed by atoms with van der Waals surface area (Å²) in [6, 6.07) is 0. The Morgan fingerprint density at radius 2 is 0.857 bits per heavy atom. The fraction of sp³-hybridized carbons (Fsp3) is 0.500. The molecular formula is C10H15F3Ti. The third-order valence-corrected chi connectivity index (χ3v) is 2.81. The van der Waals surface area contributed by atoms with Crippen LogP contribution in [0.3, 0.4) is 0 Å². The van der Waals surface area contributed by atoms with Crippen LogP contribution in [0.4, 0.5) is 9.28 Å². The van der Waals surface area contributed by atoms with E-state index in [1.807, 2.05) is 0 Å². The van der Waals surface area contributed by atoms with E-state index in [0.717, 1.165) is 0 Å². The van der Waals surface area contributed by atoms with Crippen LogP contribution in [0, 0.1) is 5.92 Å². The normalized spacial score (nSPS) is 17.1.